The summed E-state index contributed by atoms with van der Waals surface area (Å²) < 4.78 is 0. The molecule has 0 aliphatic heterocycles. The highest BCUT2D eigenvalue weighted by Gasteiger charge is 2.08. The van der Waals surface area contributed by atoms with Crippen molar-refractivity contribution in [1.82, 2.24) is 4.98 Å². The van der Waals surface area contributed by atoms with E-state index in [-0.39, 0.29) is 11.8 Å². The Morgan fingerprint density at radius 3 is 2.42 bits per heavy atom. The van der Waals surface area contributed by atoms with E-state index in [9.17, 15) is 9.59 Å². The Labute approximate surface area is 156 Å². The molecule has 0 saturated carbocycles. The van der Waals surface area contributed by atoms with Gasteiger partial charge in [0.25, 0.3) is 5.91 Å². The smallest absolute Gasteiger partial charge is 0.257 e. The maximum atomic E-state index is 12.1. The molecule has 0 saturated heterocycles. The second kappa shape index (κ2) is 8.92. The second-order valence-electron chi connectivity index (χ2n) is 5.76. The Balaban J connectivity index is 1.46. The quantitative estimate of drug-likeness (QED) is 0.654. The Morgan fingerprint density at radius 2 is 1.73 bits per heavy atom. The molecule has 1 heterocycles. The third-order valence-corrected chi connectivity index (χ3v) is 4.48. The molecule has 6 heteroatoms. The molecule has 0 spiro atoms. The van der Waals surface area contributed by atoms with Gasteiger partial charge in [-0.2, -0.15) is 0 Å². The summed E-state index contributed by atoms with van der Waals surface area (Å²) in [4.78, 5) is 28.1. The van der Waals surface area contributed by atoms with Gasteiger partial charge in [-0.3, -0.25) is 14.9 Å². The molecule has 1 aromatic heterocycles. The van der Waals surface area contributed by atoms with Crippen molar-refractivity contribution >= 4 is 34.0 Å². The first kappa shape index (κ1) is 17.8. The third-order valence-electron chi connectivity index (χ3n) is 3.80. The van der Waals surface area contributed by atoms with Crippen LogP contribution in [-0.2, 0) is 11.2 Å². The van der Waals surface area contributed by atoms with Gasteiger partial charge in [0, 0.05) is 29.2 Å². The number of carbonyl (C=O) groups excluding carboxylic acids is 2. The lowest BCUT2D eigenvalue weighted by Crippen LogP contribution is -2.13. The number of anilines is 2. The van der Waals surface area contributed by atoms with Gasteiger partial charge in [0.1, 0.15) is 0 Å². The number of hydrogen-bond donors (Lipinski definition) is 2. The number of hydrogen-bond acceptors (Lipinski definition) is 4. The van der Waals surface area contributed by atoms with E-state index < -0.39 is 0 Å². The van der Waals surface area contributed by atoms with E-state index in [0.29, 0.717) is 22.8 Å². The molecule has 132 valence electrons. The highest BCUT2D eigenvalue weighted by atomic mass is 32.1. The molecule has 3 aromatic rings. The highest BCUT2D eigenvalue weighted by Crippen LogP contribution is 2.15. The molecule has 0 aliphatic rings. The monoisotopic (exact) mass is 365 g/mol. The van der Waals surface area contributed by atoms with Crippen molar-refractivity contribution in [2.45, 2.75) is 19.3 Å². The lowest BCUT2D eigenvalue weighted by Gasteiger charge is -2.07. The first-order valence-electron chi connectivity index (χ1n) is 8.35. The summed E-state index contributed by atoms with van der Waals surface area (Å²) in [5.41, 5.74) is 2.43. The number of benzene rings is 2. The molecule has 2 N–H and O–H groups in total. The second-order valence-corrected chi connectivity index (χ2v) is 6.65. The lowest BCUT2D eigenvalue weighted by molar-refractivity contribution is -0.116. The van der Waals surface area contributed by atoms with Gasteiger partial charge >= 0.3 is 0 Å². The van der Waals surface area contributed by atoms with Crippen molar-refractivity contribution in [1.29, 1.82) is 0 Å². The van der Waals surface area contributed by atoms with Crippen LogP contribution in [0.2, 0.25) is 0 Å². The summed E-state index contributed by atoms with van der Waals surface area (Å²) in [7, 11) is 0. The summed E-state index contributed by atoms with van der Waals surface area (Å²) in [6, 6.07) is 16.9. The number of nitrogens with zero attached hydrogens (tertiary/aromatic N) is 1. The first-order valence-corrected chi connectivity index (χ1v) is 9.23. The molecule has 0 bridgehead atoms. The molecule has 5 nitrogen and oxygen atoms in total. The molecule has 2 aromatic carbocycles. The lowest BCUT2D eigenvalue weighted by atomic mass is 10.1. The van der Waals surface area contributed by atoms with Crippen LogP contribution < -0.4 is 10.6 Å². The van der Waals surface area contributed by atoms with Crippen molar-refractivity contribution < 1.29 is 9.59 Å². The van der Waals surface area contributed by atoms with Crippen molar-refractivity contribution in [2.75, 3.05) is 10.6 Å². The number of amides is 2. The number of carbonyl (C=O) groups is 2. The van der Waals surface area contributed by atoms with Gasteiger partial charge in [-0.1, -0.05) is 30.3 Å². The molecule has 0 radical (unpaired) electrons. The Kier molecular flexibility index (Phi) is 6.11. The fraction of sp³-hybridized carbons (Fsp3) is 0.150. The van der Waals surface area contributed by atoms with Crippen molar-refractivity contribution in [3.8, 4) is 0 Å². The summed E-state index contributed by atoms with van der Waals surface area (Å²) in [5.74, 6) is -0.249. The Bertz CT molecular complexity index is 847. The minimum absolute atomic E-state index is 0.0269. The molecule has 0 aliphatic carbocycles. The maximum absolute atomic E-state index is 12.1. The number of nitrogens with one attached hydrogen (secondary N) is 2. The number of aromatic nitrogens is 1. The average molecular weight is 365 g/mol. The molecule has 2 amide bonds. The normalized spacial score (nSPS) is 10.3. The van der Waals surface area contributed by atoms with Crippen molar-refractivity contribution in [3.05, 3.63) is 77.3 Å². The van der Waals surface area contributed by atoms with Crippen LogP contribution in [0.25, 0.3) is 0 Å². The molecule has 0 fully saturated rings. The van der Waals surface area contributed by atoms with E-state index in [1.54, 1.807) is 35.8 Å². The largest absolute Gasteiger partial charge is 0.326 e. The Hall–Kier alpha value is -2.99. The Morgan fingerprint density at radius 1 is 0.962 bits per heavy atom. The zero-order chi connectivity index (χ0) is 18.2. The topological polar surface area (TPSA) is 71.1 Å². The first-order chi connectivity index (χ1) is 12.7. The summed E-state index contributed by atoms with van der Waals surface area (Å²) in [6.45, 7) is 0. The van der Waals surface area contributed by atoms with E-state index in [1.807, 2.05) is 18.2 Å². The molecule has 0 atom stereocenters. The van der Waals surface area contributed by atoms with Gasteiger partial charge in [-0.05, 0) is 42.7 Å². The van der Waals surface area contributed by atoms with Gasteiger partial charge < -0.3 is 5.32 Å². The average Bonchev–Trinajstić information content (AvgIpc) is 3.16. The standard InChI is InChI=1S/C20H19N3O2S/c24-18(8-4-7-15-5-2-1-3-6-15)22-17-11-9-16(10-12-17)19(25)23-20-21-13-14-26-20/h1-3,5-6,9-14H,4,7-8H2,(H,22,24)(H,21,23,25). The number of rotatable bonds is 7. The minimum Gasteiger partial charge on any atom is -0.326 e. The molecular formula is C20H19N3O2S. The predicted octanol–water partition coefficient (Wildman–Crippen LogP) is 4.36. The third kappa shape index (κ3) is 5.26. The van der Waals surface area contributed by atoms with Gasteiger partial charge in [0.05, 0.1) is 0 Å². The van der Waals surface area contributed by atoms with E-state index in [2.05, 4.69) is 27.8 Å². The predicted molar refractivity (Wildman–Crippen MR) is 105 cm³/mol. The molecule has 26 heavy (non-hydrogen) atoms. The van der Waals surface area contributed by atoms with E-state index >= 15 is 0 Å². The van der Waals surface area contributed by atoms with Gasteiger partial charge in [0.15, 0.2) is 5.13 Å². The zero-order valence-electron chi connectivity index (χ0n) is 14.1. The fourth-order valence-electron chi connectivity index (χ4n) is 2.48. The summed E-state index contributed by atoms with van der Waals surface area (Å²) in [5, 5.41) is 7.94. The molecule has 3 rings (SSSR count). The molecule has 0 unspecified atom stereocenters. The van der Waals surface area contributed by atoms with Crippen LogP contribution in [0, 0.1) is 0 Å². The van der Waals surface area contributed by atoms with Crippen LogP contribution in [0.5, 0.6) is 0 Å². The zero-order valence-corrected chi connectivity index (χ0v) is 15.0. The molecular weight excluding hydrogens is 346 g/mol. The van der Waals surface area contributed by atoms with Gasteiger partial charge in [-0.25, -0.2) is 4.98 Å². The van der Waals surface area contributed by atoms with E-state index in [0.717, 1.165) is 12.8 Å². The van der Waals surface area contributed by atoms with E-state index in [1.165, 1.54) is 16.9 Å². The highest BCUT2D eigenvalue weighted by molar-refractivity contribution is 7.13. The fourth-order valence-corrected chi connectivity index (χ4v) is 3.00. The number of thiazole rings is 1. The summed E-state index contributed by atoms with van der Waals surface area (Å²) >= 11 is 1.36. The van der Waals surface area contributed by atoms with Crippen LogP contribution in [0.4, 0.5) is 10.8 Å². The van der Waals surface area contributed by atoms with Crippen molar-refractivity contribution in [3.63, 3.8) is 0 Å². The van der Waals surface area contributed by atoms with Crippen molar-refractivity contribution in [2.24, 2.45) is 0 Å². The van der Waals surface area contributed by atoms with E-state index in [4.69, 9.17) is 0 Å². The maximum Gasteiger partial charge on any atom is 0.257 e. The van der Waals surface area contributed by atoms with Crippen LogP contribution >= 0.6 is 11.3 Å². The van der Waals surface area contributed by atoms with Gasteiger partial charge in [-0.15, -0.1) is 11.3 Å². The summed E-state index contributed by atoms with van der Waals surface area (Å²) in [6.07, 6.45) is 3.77. The minimum atomic E-state index is -0.222. The van der Waals surface area contributed by atoms with Crippen LogP contribution in [-0.4, -0.2) is 16.8 Å². The van der Waals surface area contributed by atoms with Crippen LogP contribution in [0.15, 0.2) is 66.2 Å². The van der Waals surface area contributed by atoms with Gasteiger partial charge in [0.2, 0.25) is 5.91 Å². The van der Waals surface area contributed by atoms with Crippen LogP contribution in [0.1, 0.15) is 28.8 Å². The number of aryl methyl sites for hydroxylation is 1. The van der Waals surface area contributed by atoms with Crippen LogP contribution in [0.3, 0.4) is 0 Å². The SMILES string of the molecule is O=C(CCCc1ccccc1)Nc1ccc(C(=O)Nc2nccs2)cc1.